The van der Waals surface area contributed by atoms with E-state index in [1.165, 1.54) is 4.90 Å². The van der Waals surface area contributed by atoms with Crippen LogP contribution in [0.5, 0.6) is 0 Å². The van der Waals surface area contributed by atoms with E-state index in [0.29, 0.717) is 25.8 Å². The number of esters is 1. The van der Waals surface area contributed by atoms with Gasteiger partial charge >= 0.3 is 18.0 Å². The first-order valence-corrected chi connectivity index (χ1v) is 6.90. The second-order valence-electron chi connectivity index (χ2n) is 4.36. The molecule has 0 aliphatic rings. The highest BCUT2D eigenvalue weighted by atomic mass is 16.5. The molecule has 1 atom stereocenters. The topological polar surface area (TPSA) is 95.9 Å². The number of carbonyl (C=O) groups is 3. The van der Waals surface area contributed by atoms with Crippen LogP contribution in [0.1, 0.15) is 40.0 Å². The summed E-state index contributed by atoms with van der Waals surface area (Å²) in [5, 5.41) is 11.4. The van der Waals surface area contributed by atoms with Crippen molar-refractivity contribution in [2.45, 2.75) is 46.1 Å². The molecule has 20 heavy (non-hydrogen) atoms. The van der Waals surface area contributed by atoms with Crippen LogP contribution in [0.4, 0.5) is 4.79 Å². The van der Waals surface area contributed by atoms with Crippen LogP contribution in [-0.2, 0) is 14.3 Å². The van der Waals surface area contributed by atoms with Crippen molar-refractivity contribution in [1.82, 2.24) is 10.2 Å². The monoisotopic (exact) mass is 288 g/mol. The first-order valence-electron chi connectivity index (χ1n) is 6.90. The van der Waals surface area contributed by atoms with Crippen molar-refractivity contribution in [3.63, 3.8) is 0 Å². The van der Waals surface area contributed by atoms with Crippen LogP contribution in [0.15, 0.2) is 0 Å². The van der Waals surface area contributed by atoms with Gasteiger partial charge in [-0.2, -0.15) is 0 Å². The maximum atomic E-state index is 12.0. The summed E-state index contributed by atoms with van der Waals surface area (Å²) in [5.41, 5.74) is 0. The van der Waals surface area contributed by atoms with E-state index in [0.717, 1.165) is 0 Å². The minimum atomic E-state index is -1.08. The van der Waals surface area contributed by atoms with Gasteiger partial charge < -0.3 is 20.1 Å². The lowest BCUT2D eigenvalue weighted by Gasteiger charge is -2.23. The number of hydrogen-bond donors (Lipinski definition) is 2. The Morgan fingerprint density at radius 3 is 2.30 bits per heavy atom. The van der Waals surface area contributed by atoms with Crippen molar-refractivity contribution in [2.75, 3.05) is 19.7 Å². The zero-order valence-electron chi connectivity index (χ0n) is 12.3. The van der Waals surface area contributed by atoms with Gasteiger partial charge in [0.15, 0.2) is 0 Å². The Bertz CT molecular complexity index is 333. The number of amides is 2. The van der Waals surface area contributed by atoms with E-state index >= 15 is 0 Å². The minimum absolute atomic E-state index is 0.175. The summed E-state index contributed by atoms with van der Waals surface area (Å²) in [6.45, 7) is 5.82. The quantitative estimate of drug-likeness (QED) is 0.622. The highest BCUT2D eigenvalue weighted by Gasteiger charge is 2.23. The van der Waals surface area contributed by atoms with Crippen LogP contribution >= 0.6 is 0 Å². The number of carbonyl (C=O) groups excluding carboxylic acids is 2. The number of nitrogens with zero attached hydrogens (tertiary/aromatic N) is 1. The van der Waals surface area contributed by atoms with Crippen molar-refractivity contribution in [2.24, 2.45) is 0 Å². The van der Waals surface area contributed by atoms with Crippen molar-refractivity contribution in [3.8, 4) is 0 Å². The summed E-state index contributed by atoms with van der Waals surface area (Å²) in [4.78, 5) is 35.7. The Morgan fingerprint density at radius 1 is 1.20 bits per heavy atom. The van der Waals surface area contributed by atoms with Crippen LogP contribution in [0.25, 0.3) is 0 Å². The molecule has 0 saturated heterocycles. The molecule has 0 saturated carbocycles. The summed E-state index contributed by atoms with van der Waals surface area (Å²) in [6.07, 6.45) is 1.65. The van der Waals surface area contributed by atoms with Crippen molar-refractivity contribution >= 4 is 18.0 Å². The minimum Gasteiger partial charge on any atom is -0.480 e. The molecule has 0 spiro atoms. The Labute approximate surface area is 119 Å². The Morgan fingerprint density at radius 2 is 1.85 bits per heavy atom. The molecule has 0 heterocycles. The molecule has 2 amide bonds. The molecular formula is C13H24N2O5. The van der Waals surface area contributed by atoms with E-state index in [2.05, 4.69) is 5.32 Å². The van der Waals surface area contributed by atoms with Crippen LogP contribution in [0.3, 0.4) is 0 Å². The normalized spacial score (nSPS) is 11.6. The SMILES string of the molecule is CCC[C@H](NC(=O)N(CCC)CC(=O)OCC)C(=O)O. The molecule has 116 valence electrons. The summed E-state index contributed by atoms with van der Waals surface area (Å²) in [6, 6.07) is -1.49. The number of urea groups is 1. The second kappa shape index (κ2) is 10.1. The fourth-order valence-corrected chi connectivity index (χ4v) is 1.67. The largest absolute Gasteiger partial charge is 0.480 e. The maximum Gasteiger partial charge on any atom is 0.326 e. The average molecular weight is 288 g/mol. The molecule has 0 radical (unpaired) electrons. The van der Waals surface area contributed by atoms with Crippen molar-refractivity contribution in [3.05, 3.63) is 0 Å². The molecule has 0 aromatic rings. The van der Waals surface area contributed by atoms with Gasteiger partial charge in [0, 0.05) is 6.54 Å². The second-order valence-corrected chi connectivity index (χ2v) is 4.36. The number of carboxylic acid groups (broad SMARTS) is 1. The number of carboxylic acids is 1. The van der Waals surface area contributed by atoms with E-state index in [-0.39, 0.29) is 13.2 Å². The van der Waals surface area contributed by atoms with Crippen molar-refractivity contribution in [1.29, 1.82) is 0 Å². The fraction of sp³-hybridized carbons (Fsp3) is 0.769. The smallest absolute Gasteiger partial charge is 0.326 e. The van der Waals surface area contributed by atoms with Gasteiger partial charge in [-0.1, -0.05) is 20.3 Å². The van der Waals surface area contributed by atoms with E-state index < -0.39 is 24.0 Å². The van der Waals surface area contributed by atoms with Crippen LogP contribution < -0.4 is 5.32 Å². The number of aliphatic carboxylic acids is 1. The average Bonchev–Trinajstić information content (AvgIpc) is 2.37. The molecule has 0 bridgehead atoms. The third-order valence-corrected chi connectivity index (χ3v) is 2.58. The summed E-state index contributed by atoms with van der Waals surface area (Å²) >= 11 is 0. The van der Waals surface area contributed by atoms with E-state index in [9.17, 15) is 14.4 Å². The number of hydrogen-bond acceptors (Lipinski definition) is 4. The standard InChI is InChI=1S/C13H24N2O5/c1-4-7-10(12(17)18)14-13(19)15(8-5-2)9-11(16)20-6-3/h10H,4-9H2,1-3H3,(H,14,19)(H,17,18)/t10-/m0/s1. The molecule has 2 N–H and O–H groups in total. The number of ether oxygens (including phenoxy) is 1. The van der Waals surface area contributed by atoms with Crippen LogP contribution in [0.2, 0.25) is 0 Å². The highest BCUT2D eigenvalue weighted by molar-refractivity contribution is 5.85. The van der Waals surface area contributed by atoms with Gasteiger partial charge in [-0.3, -0.25) is 4.79 Å². The molecule has 0 fully saturated rings. The molecule has 0 unspecified atom stereocenters. The molecule has 0 rings (SSSR count). The molecule has 0 aromatic heterocycles. The first-order chi connectivity index (χ1) is 9.46. The molecule has 7 heteroatoms. The number of nitrogens with one attached hydrogen (secondary N) is 1. The molecule has 0 aliphatic heterocycles. The lowest BCUT2D eigenvalue weighted by atomic mass is 10.2. The van der Waals surface area contributed by atoms with Crippen molar-refractivity contribution < 1.29 is 24.2 Å². The third kappa shape index (κ3) is 6.96. The molecular weight excluding hydrogens is 264 g/mol. The van der Waals surface area contributed by atoms with Gasteiger partial charge in [0.05, 0.1) is 6.61 Å². The molecule has 0 aromatic carbocycles. The van der Waals surface area contributed by atoms with Gasteiger partial charge in [0.25, 0.3) is 0 Å². The van der Waals surface area contributed by atoms with E-state index in [1.807, 2.05) is 13.8 Å². The zero-order chi connectivity index (χ0) is 15.5. The Kier molecular flexibility index (Phi) is 9.15. The number of rotatable bonds is 9. The van der Waals surface area contributed by atoms with E-state index in [4.69, 9.17) is 9.84 Å². The summed E-state index contributed by atoms with van der Waals surface area (Å²) < 4.78 is 4.79. The predicted molar refractivity (Wildman–Crippen MR) is 73.4 cm³/mol. The zero-order valence-corrected chi connectivity index (χ0v) is 12.3. The summed E-state index contributed by atoms with van der Waals surface area (Å²) in [7, 11) is 0. The Balaban J connectivity index is 4.61. The fourth-order valence-electron chi connectivity index (χ4n) is 1.67. The predicted octanol–water partition coefficient (Wildman–Crippen LogP) is 1.22. The Hall–Kier alpha value is -1.79. The van der Waals surface area contributed by atoms with Gasteiger partial charge in [0.2, 0.25) is 0 Å². The van der Waals surface area contributed by atoms with Crippen LogP contribution in [-0.4, -0.2) is 53.7 Å². The summed E-state index contributed by atoms with van der Waals surface area (Å²) in [5.74, 6) is -1.58. The first kappa shape index (κ1) is 18.2. The van der Waals surface area contributed by atoms with E-state index in [1.54, 1.807) is 6.92 Å². The molecule has 7 nitrogen and oxygen atoms in total. The van der Waals surface area contributed by atoms with Crippen LogP contribution in [0, 0.1) is 0 Å². The highest BCUT2D eigenvalue weighted by Crippen LogP contribution is 2.00. The maximum absolute atomic E-state index is 12.0. The third-order valence-electron chi connectivity index (χ3n) is 2.58. The van der Waals surface area contributed by atoms with Gasteiger partial charge in [-0.05, 0) is 19.8 Å². The lowest BCUT2D eigenvalue weighted by molar-refractivity contribution is -0.143. The molecule has 0 aliphatic carbocycles. The van der Waals surface area contributed by atoms with Gasteiger partial charge in [0.1, 0.15) is 12.6 Å². The lowest BCUT2D eigenvalue weighted by Crippen LogP contribution is -2.49. The van der Waals surface area contributed by atoms with Gasteiger partial charge in [-0.15, -0.1) is 0 Å². The van der Waals surface area contributed by atoms with Gasteiger partial charge in [-0.25, -0.2) is 9.59 Å².